The summed E-state index contributed by atoms with van der Waals surface area (Å²) in [5.74, 6) is 1.19. The van der Waals surface area contributed by atoms with E-state index in [1.54, 1.807) is 4.90 Å². The standard InChI is InChI=1S/C18H25N3O3.ClH/c1-13-9-14(10-19)11-21(13)18(23)12-24-16-6-4-15(5-7-16)20-8-2-3-17(20)22;/h4-7,13-14H,2-3,8-12,19H2,1H3;1H. The van der Waals surface area contributed by atoms with Crippen molar-refractivity contribution in [1.29, 1.82) is 0 Å². The van der Waals surface area contributed by atoms with Gasteiger partial charge in [-0.2, -0.15) is 0 Å². The smallest absolute Gasteiger partial charge is 0.260 e. The van der Waals surface area contributed by atoms with E-state index in [0.717, 1.165) is 31.6 Å². The molecule has 0 saturated carbocycles. The number of rotatable bonds is 5. The molecule has 0 aromatic heterocycles. The van der Waals surface area contributed by atoms with Gasteiger partial charge in [-0.3, -0.25) is 9.59 Å². The van der Waals surface area contributed by atoms with Crippen molar-refractivity contribution in [2.75, 3.05) is 31.1 Å². The van der Waals surface area contributed by atoms with Crippen LogP contribution in [0.5, 0.6) is 5.75 Å². The molecule has 3 rings (SSSR count). The topological polar surface area (TPSA) is 75.9 Å². The van der Waals surface area contributed by atoms with Gasteiger partial charge in [-0.05, 0) is 56.5 Å². The van der Waals surface area contributed by atoms with E-state index in [0.29, 0.717) is 24.6 Å². The van der Waals surface area contributed by atoms with Gasteiger partial charge in [0, 0.05) is 31.2 Å². The summed E-state index contributed by atoms with van der Waals surface area (Å²) in [6.45, 7) is 4.19. The number of halogens is 1. The van der Waals surface area contributed by atoms with Crippen LogP contribution in [0, 0.1) is 5.92 Å². The molecular weight excluding hydrogens is 342 g/mol. The summed E-state index contributed by atoms with van der Waals surface area (Å²) in [6.07, 6.45) is 2.48. The van der Waals surface area contributed by atoms with Gasteiger partial charge < -0.3 is 20.3 Å². The van der Waals surface area contributed by atoms with Crippen molar-refractivity contribution >= 4 is 29.9 Å². The average Bonchev–Trinajstić information content (AvgIpc) is 3.18. The summed E-state index contributed by atoms with van der Waals surface area (Å²) in [7, 11) is 0. The zero-order chi connectivity index (χ0) is 17.1. The third kappa shape index (κ3) is 4.44. The first-order valence-electron chi connectivity index (χ1n) is 8.61. The van der Waals surface area contributed by atoms with Crippen LogP contribution >= 0.6 is 12.4 Å². The molecule has 2 atom stereocenters. The molecule has 25 heavy (non-hydrogen) atoms. The van der Waals surface area contributed by atoms with E-state index in [1.165, 1.54) is 0 Å². The van der Waals surface area contributed by atoms with E-state index in [9.17, 15) is 9.59 Å². The molecule has 0 radical (unpaired) electrons. The number of anilines is 1. The summed E-state index contributed by atoms with van der Waals surface area (Å²) >= 11 is 0. The normalized spacial score (nSPS) is 22.9. The Labute approximate surface area is 154 Å². The summed E-state index contributed by atoms with van der Waals surface area (Å²) in [6, 6.07) is 7.57. The van der Waals surface area contributed by atoms with Gasteiger partial charge in [0.1, 0.15) is 5.75 Å². The lowest BCUT2D eigenvalue weighted by Gasteiger charge is -2.21. The predicted molar refractivity (Wildman–Crippen MR) is 99.1 cm³/mol. The van der Waals surface area contributed by atoms with Crippen LogP contribution in [0.3, 0.4) is 0 Å². The van der Waals surface area contributed by atoms with Crippen LogP contribution in [0.1, 0.15) is 26.2 Å². The van der Waals surface area contributed by atoms with Gasteiger partial charge in [-0.15, -0.1) is 12.4 Å². The maximum absolute atomic E-state index is 12.3. The number of hydrogen-bond donors (Lipinski definition) is 1. The molecule has 2 amide bonds. The number of benzene rings is 1. The predicted octanol–water partition coefficient (Wildman–Crippen LogP) is 1.81. The Morgan fingerprint density at radius 2 is 2.04 bits per heavy atom. The zero-order valence-corrected chi connectivity index (χ0v) is 15.3. The highest BCUT2D eigenvalue weighted by Crippen LogP contribution is 2.25. The summed E-state index contributed by atoms with van der Waals surface area (Å²) in [5.41, 5.74) is 6.59. The maximum Gasteiger partial charge on any atom is 0.260 e. The molecule has 138 valence electrons. The van der Waals surface area contributed by atoms with Crippen molar-refractivity contribution in [3.8, 4) is 5.75 Å². The highest BCUT2D eigenvalue weighted by atomic mass is 35.5. The lowest BCUT2D eigenvalue weighted by atomic mass is 10.1. The summed E-state index contributed by atoms with van der Waals surface area (Å²) in [4.78, 5) is 27.7. The minimum atomic E-state index is -0.00255. The lowest BCUT2D eigenvalue weighted by molar-refractivity contribution is -0.134. The molecule has 1 aromatic rings. The molecule has 2 N–H and O–H groups in total. The van der Waals surface area contributed by atoms with Crippen LogP contribution in [0.15, 0.2) is 24.3 Å². The Kier molecular flexibility index (Phi) is 6.67. The quantitative estimate of drug-likeness (QED) is 0.861. The zero-order valence-electron chi connectivity index (χ0n) is 14.5. The van der Waals surface area contributed by atoms with Crippen molar-refractivity contribution in [2.24, 2.45) is 11.7 Å². The van der Waals surface area contributed by atoms with Gasteiger partial charge in [0.15, 0.2) is 6.61 Å². The highest BCUT2D eigenvalue weighted by Gasteiger charge is 2.31. The van der Waals surface area contributed by atoms with Crippen molar-refractivity contribution in [1.82, 2.24) is 4.90 Å². The van der Waals surface area contributed by atoms with Crippen molar-refractivity contribution in [3.05, 3.63) is 24.3 Å². The van der Waals surface area contributed by atoms with Crippen LogP contribution in [-0.2, 0) is 9.59 Å². The molecule has 1 aromatic carbocycles. The molecule has 2 aliphatic heterocycles. The highest BCUT2D eigenvalue weighted by molar-refractivity contribution is 5.95. The number of carbonyl (C=O) groups is 2. The minimum absolute atomic E-state index is 0. The van der Waals surface area contributed by atoms with Crippen LogP contribution in [0.4, 0.5) is 5.69 Å². The van der Waals surface area contributed by atoms with E-state index < -0.39 is 0 Å². The van der Waals surface area contributed by atoms with Gasteiger partial charge in [0.2, 0.25) is 5.91 Å². The minimum Gasteiger partial charge on any atom is -0.484 e. The van der Waals surface area contributed by atoms with Gasteiger partial charge in [-0.1, -0.05) is 0 Å². The Hall–Kier alpha value is -1.79. The second-order valence-electron chi connectivity index (χ2n) is 6.66. The number of carbonyl (C=O) groups excluding carboxylic acids is 2. The summed E-state index contributed by atoms with van der Waals surface area (Å²) in [5, 5.41) is 0. The fourth-order valence-corrected chi connectivity index (χ4v) is 3.53. The Morgan fingerprint density at radius 1 is 1.32 bits per heavy atom. The first kappa shape index (κ1) is 19.5. The van der Waals surface area contributed by atoms with Gasteiger partial charge in [-0.25, -0.2) is 0 Å². The first-order valence-corrected chi connectivity index (χ1v) is 8.61. The van der Waals surface area contributed by atoms with E-state index in [4.69, 9.17) is 10.5 Å². The van der Waals surface area contributed by atoms with E-state index in [2.05, 4.69) is 6.92 Å². The molecule has 2 heterocycles. The molecular formula is C18H26ClN3O3. The van der Waals surface area contributed by atoms with Crippen molar-refractivity contribution in [2.45, 2.75) is 32.2 Å². The molecule has 0 spiro atoms. The average molecular weight is 368 g/mol. The second-order valence-corrected chi connectivity index (χ2v) is 6.66. The molecule has 2 unspecified atom stereocenters. The number of likely N-dealkylation sites (tertiary alicyclic amines) is 1. The Morgan fingerprint density at radius 3 is 2.60 bits per heavy atom. The number of hydrogen-bond acceptors (Lipinski definition) is 4. The Bertz CT molecular complexity index is 608. The van der Waals surface area contributed by atoms with Crippen molar-refractivity contribution < 1.29 is 14.3 Å². The Balaban J connectivity index is 0.00000225. The van der Waals surface area contributed by atoms with Gasteiger partial charge >= 0.3 is 0 Å². The molecule has 2 aliphatic rings. The van der Waals surface area contributed by atoms with Gasteiger partial charge in [0.05, 0.1) is 0 Å². The maximum atomic E-state index is 12.3. The lowest BCUT2D eigenvalue weighted by Crippen LogP contribution is -2.37. The van der Waals surface area contributed by atoms with Crippen molar-refractivity contribution in [3.63, 3.8) is 0 Å². The van der Waals surface area contributed by atoms with Gasteiger partial charge in [0.25, 0.3) is 5.91 Å². The van der Waals surface area contributed by atoms with Crippen LogP contribution < -0.4 is 15.4 Å². The molecule has 6 nitrogen and oxygen atoms in total. The molecule has 0 aliphatic carbocycles. The fourth-order valence-electron chi connectivity index (χ4n) is 3.53. The second kappa shape index (κ2) is 8.54. The first-order chi connectivity index (χ1) is 11.6. The van der Waals surface area contributed by atoms with Crippen LogP contribution in [-0.4, -0.2) is 49.0 Å². The molecule has 2 saturated heterocycles. The SMILES string of the molecule is CC1CC(CN)CN1C(=O)COc1ccc(N2CCCC2=O)cc1.Cl. The van der Waals surface area contributed by atoms with E-state index >= 15 is 0 Å². The number of amides is 2. The van der Waals surface area contributed by atoms with E-state index in [1.807, 2.05) is 29.2 Å². The third-order valence-corrected chi connectivity index (χ3v) is 4.90. The number of nitrogens with zero attached hydrogens (tertiary/aromatic N) is 2. The molecule has 7 heteroatoms. The van der Waals surface area contributed by atoms with E-state index in [-0.39, 0.29) is 36.9 Å². The van der Waals surface area contributed by atoms with Crippen LogP contribution in [0.25, 0.3) is 0 Å². The monoisotopic (exact) mass is 367 g/mol. The van der Waals surface area contributed by atoms with Crippen LogP contribution in [0.2, 0.25) is 0 Å². The number of ether oxygens (including phenoxy) is 1. The number of nitrogens with two attached hydrogens (primary N) is 1. The molecule has 0 bridgehead atoms. The third-order valence-electron chi connectivity index (χ3n) is 4.90. The summed E-state index contributed by atoms with van der Waals surface area (Å²) < 4.78 is 5.62. The molecule has 2 fully saturated rings. The largest absolute Gasteiger partial charge is 0.484 e. The fraction of sp³-hybridized carbons (Fsp3) is 0.556.